The molecule has 0 fully saturated rings. The summed E-state index contributed by atoms with van der Waals surface area (Å²) in [7, 11) is 0. The Morgan fingerprint density at radius 3 is 2.69 bits per heavy atom. The summed E-state index contributed by atoms with van der Waals surface area (Å²) in [5.74, 6) is 0.494. The SMILES string of the molecule is Cc1cccc(C2=NC(=S)N=N2)n1. The minimum atomic E-state index is 0.262. The first-order valence-corrected chi connectivity index (χ1v) is 4.15. The van der Waals surface area contributed by atoms with Crippen molar-refractivity contribution >= 4 is 23.2 Å². The molecule has 0 radical (unpaired) electrons. The highest BCUT2D eigenvalue weighted by atomic mass is 32.1. The monoisotopic (exact) mass is 190 g/mol. The Morgan fingerprint density at radius 1 is 1.23 bits per heavy atom. The lowest BCUT2D eigenvalue weighted by Crippen LogP contribution is -1.98. The lowest BCUT2D eigenvalue weighted by Gasteiger charge is -1.95. The van der Waals surface area contributed by atoms with E-state index in [1.165, 1.54) is 0 Å². The molecule has 1 aliphatic heterocycles. The summed E-state index contributed by atoms with van der Waals surface area (Å²) >= 11 is 4.75. The van der Waals surface area contributed by atoms with E-state index in [-0.39, 0.29) is 5.11 Å². The molecule has 1 aliphatic rings. The number of rotatable bonds is 1. The van der Waals surface area contributed by atoms with Crippen molar-refractivity contribution in [3.63, 3.8) is 0 Å². The molecule has 64 valence electrons. The zero-order valence-corrected chi connectivity index (χ0v) is 7.75. The number of aliphatic imine (C=N–C) groups is 1. The van der Waals surface area contributed by atoms with Gasteiger partial charge in [0.05, 0.1) is 0 Å². The first-order chi connectivity index (χ1) is 6.25. The van der Waals surface area contributed by atoms with Crippen molar-refractivity contribution < 1.29 is 0 Å². The Balaban J connectivity index is 2.42. The third kappa shape index (κ3) is 1.65. The Kier molecular flexibility index (Phi) is 1.94. The minimum absolute atomic E-state index is 0.262. The highest BCUT2D eigenvalue weighted by Crippen LogP contribution is 2.07. The van der Waals surface area contributed by atoms with Crippen molar-refractivity contribution in [2.45, 2.75) is 6.92 Å². The zero-order chi connectivity index (χ0) is 9.26. The number of amidine groups is 1. The second-order valence-electron chi connectivity index (χ2n) is 2.58. The van der Waals surface area contributed by atoms with E-state index in [0.29, 0.717) is 11.5 Å². The number of azo groups is 1. The fraction of sp³-hybridized carbons (Fsp3) is 0.125. The third-order valence-electron chi connectivity index (χ3n) is 1.55. The van der Waals surface area contributed by atoms with E-state index >= 15 is 0 Å². The normalized spacial score (nSPS) is 14.8. The largest absolute Gasteiger partial charge is 0.250 e. The molecule has 2 rings (SSSR count). The lowest BCUT2D eigenvalue weighted by molar-refractivity contribution is 1.17. The van der Waals surface area contributed by atoms with Crippen LogP contribution in [0.3, 0.4) is 0 Å². The maximum Gasteiger partial charge on any atom is 0.242 e. The van der Waals surface area contributed by atoms with Gasteiger partial charge < -0.3 is 0 Å². The topological polar surface area (TPSA) is 50.0 Å². The molecule has 2 heterocycles. The fourth-order valence-corrected chi connectivity index (χ4v) is 1.13. The Labute approximate surface area is 80.4 Å². The molecule has 1 aromatic heterocycles. The Morgan fingerprint density at radius 2 is 2.08 bits per heavy atom. The van der Waals surface area contributed by atoms with Crippen molar-refractivity contribution in [3.8, 4) is 0 Å². The van der Waals surface area contributed by atoms with E-state index in [1.807, 2.05) is 25.1 Å². The maximum absolute atomic E-state index is 4.75. The van der Waals surface area contributed by atoms with Gasteiger partial charge in [-0.05, 0) is 31.3 Å². The quantitative estimate of drug-likeness (QED) is 0.635. The second kappa shape index (κ2) is 3.10. The van der Waals surface area contributed by atoms with Crippen molar-refractivity contribution in [2.75, 3.05) is 0 Å². The average Bonchev–Trinajstić information content (AvgIpc) is 2.52. The van der Waals surface area contributed by atoms with Crippen LogP contribution < -0.4 is 0 Å². The van der Waals surface area contributed by atoms with Crippen LogP contribution in [0.5, 0.6) is 0 Å². The molecule has 0 N–H and O–H groups in total. The van der Waals surface area contributed by atoms with Gasteiger partial charge in [-0.15, -0.1) is 10.2 Å². The minimum Gasteiger partial charge on any atom is -0.250 e. The molecule has 0 aromatic carbocycles. The number of hydrogen-bond acceptors (Lipinski definition) is 3. The van der Waals surface area contributed by atoms with E-state index in [1.54, 1.807) is 0 Å². The zero-order valence-electron chi connectivity index (χ0n) is 6.93. The summed E-state index contributed by atoms with van der Waals surface area (Å²) in [5, 5.41) is 7.70. The van der Waals surface area contributed by atoms with Crippen LogP contribution in [0, 0.1) is 6.92 Å². The molecule has 5 heteroatoms. The maximum atomic E-state index is 4.75. The first-order valence-electron chi connectivity index (χ1n) is 3.74. The molecule has 0 saturated carbocycles. The van der Waals surface area contributed by atoms with E-state index in [2.05, 4.69) is 20.2 Å². The number of thiocarbonyl (C=S) groups is 1. The summed E-state index contributed by atoms with van der Waals surface area (Å²) in [4.78, 5) is 8.20. The first kappa shape index (κ1) is 8.12. The van der Waals surface area contributed by atoms with E-state index in [0.717, 1.165) is 5.69 Å². The molecule has 4 nitrogen and oxygen atoms in total. The van der Waals surface area contributed by atoms with Crippen LogP contribution in [0.25, 0.3) is 0 Å². The van der Waals surface area contributed by atoms with Crippen LogP contribution in [0.1, 0.15) is 11.4 Å². The van der Waals surface area contributed by atoms with Gasteiger partial charge in [-0.1, -0.05) is 6.07 Å². The third-order valence-corrected chi connectivity index (χ3v) is 1.72. The van der Waals surface area contributed by atoms with E-state index < -0.39 is 0 Å². The van der Waals surface area contributed by atoms with Gasteiger partial charge in [-0.2, -0.15) is 4.99 Å². The van der Waals surface area contributed by atoms with Gasteiger partial charge in [0.1, 0.15) is 5.69 Å². The molecular formula is C8H6N4S. The molecule has 13 heavy (non-hydrogen) atoms. The van der Waals surface area contributed by atoms with Gasteiger partial charge >= 0.3 is 0 Å². The summed E-state index contributed by atoms with van der Waals surface area (Å²) in [6.07, 6.45) is 0. The predicted molar refractivity (Wildman–Crippen MR) is 53.0 cm³/mol. The summed E-state index contributed by atoms with van der Waals surface area (Å²) in [5.41, 5.74) is 1.64. The van der Waals surface area contributed by atoms with Gasteiger partial charge in [0.2, 0.25) is 10.9 Å². The van der Waals surface area contributed by atoms with Crippen molar-refractivity contribution in [2.24, 2.45) is 15.2 Å². The van der Waals surface area contributed by atoms with Crippen LogP contribution in [0.15, 0.2) is 33.4 Å². The summed E-state index contributed by atoms with van der Waals surface area (Å²) in [6, 6.07) is 5.64. The van der Waals surface area contributed by atoms with Gasteiger partial charge in [0.25, 0.3) is 0 Å². The Bertz CT molecular complexity index is 422. The van der Waals surface area contributed by atoms with Crippen molar-refractivity contribution in [1.82, 2.24) is 4.98 Å². The smallest absolute Gasteiger partial charge is 0.242 e. The molecule has 1 aromatic rings. The highest BCUT2D eigenvalue weighted by Gasteiger charge is 2.10. The number of nitrogens with zero attached hydrogens (tertiary/aromatic N) is 4. The fourth-order valence-electron chi connectivity index (χ4n) is 1.00. The van der Waals surface area contributed by atoms with Gasteiger partial charge in [0, 0.05) is 5.69 Å². The van der Waals surface area contributed by atoms with Crippen molar-refractivity contribution in [1.29, 1.82) is 0 Å². The number of aryl methyl sites for hydroxylation is 1. The van der Waals surface area contributed by atoms with Crippen LogP contribution in [-0.2, 0) is 0 Å². The molecule has 0 amide bonds. The second-order valence-corrected chi connectivity index (χ2v) is 2.95. The van der Waals surface area contributed by atoms with E-state index in [9.17, 15) is 0 Å². The van der Waals surface area contributed by atoms with Crippen LogP contribution in [0.4, 0.5) is 0 Å². The molecule has 0 aliphatic carbocycles. The van der Waals surface area contributed by atoms with Crippen LogP contribution >= 0.6 is 12.2 Å². The lowest BCUT2D eigenvalue weighted by atomic mass is 10.3. The molecular weight excluding hydrogens is 184 g/mol. The number of hydrogen-bond donors (Lipinski definition) is 0. The summed E-state index contributed by atoms with van der Waals surface area (Å²) in [6.45, 7) is 1.91. The standard InChI is InChI=1S/C8H6N4S/c1-5-3-2-4-6(9-5)7-10-8(13)12-11-7/h2-4H,1H3. The molecule has 0 atom stereocenters. The van der Waals surface area contributed by atoms with Gasteiger partial charge in [-0.3, -0.25) is 0 Å². The highest BCUT2D eigenvalue weighted by molar-refractivity contribution is 7.80. The van der Waals surface area contributed by atoms with Crippen molar-refractivity contribution in [3.05, 3.63) is 29.6 Å². The Hall–Kier alpha value is -1.49. The predicted octanol–water partition coefficient (Wildman–Crippen LogP) is 1.89. The van der Waals surface area contributed by atoms with Crippen LogP contribution in [-0.4, -0.2) is 15.9 Å². The molecule has 0 spiro atoms. The van der Waals surface area contributed by atoms with Crippen LogP contribution in [0.2, 0.25) is 0 Å². The average molecular weight is 190 g/mol. The van der Waals surface area contributed by atoms with E-state index in [4.69, 9.17) is 12.2 Å². The molecule has 0 saturated heterocycles. The number of aromatic nitrogens is 1. The number of pyridine rings is 1. The van der Waals surface area contributed by atoms with Gasteiger partial charge in [-0.25, -0.2) is 4.98 Å². The molecule has 0 unspecified atom stereocenters. The summed E-state index contributed by atoms with van der Waals surface area (Å²) < 4.78 is 0. The molecule has 0 bridgehead atoms. The van der Waals surface area contributed by atoms with Gasteiger partial charge in [0.15, 0.2) is 0 Å².